The summed E-state index contributed by atoms with van der Waals surface area (Å²) in [4.78, 5) is 85.6. The van der Waals surface area contributed by atoms with E-state index in [0.29, 0.717) is 37.2 Å². The van der Waals surface area contributed by atoms with Gasteiger partial charge in [0.05, 0.1) is 6.61 Å². The molecule has 2 atom stereocenters. The maximum Gasteiger partial charge on any atom is 0.344 e. The van der Waals surface area contributed by atoms with E-state index < -0.39 is 71.2 Å². The third kappa shape index (κ3) is 17.3. The molecule has 65 heavy (non-hydrogen) atoms. The molecule has 1 aliphatic rings. The number of benzene rings is 3. The summed E-state index contributed by atoms with van der Waals surface area (Å²) in [7, 11) is 0. The number of amides is 7. The summed E-state index contributed by atoms with van der Waals surface area (Å²) in [5, 5.41) is 25.5. The summed E-state index contributed by atoms with van der Waals surface area (Å²) < 4.78 is 35.0. The molecule has 0 saturated heterocycles. The molecular formula is C43H57F2N11O9. The number of ether oxygens (including phenoxy) is 1. The number of carbonyl (C=O) groups is 6. The van der Waals surface area contributed by atoms with Crippen molar-refractivity contribution in [2.24, 2.45) is 16.5 Å². The zero-order valence-corrected chi connectivity index (χ0v) is 36.1. The lowest BCUT2D eigenvalue weighted by Crippen LogP contribution is -2.50. The molecular weight excluding hydrogens is 853 g/mol. The lowest BCUT2D eigenvalue weighted by molar-refractivity contribution is -0.139. The molecule has 0 radical (unpaired) electrons. The van der Waals surface area contributed by atoms with Crippen LogP contribution in [0.3, 0.4) is 0 Å². The smallest absolute Gasteiger partial charge is 0.344 e. The molecule has 352 valence electrons. The minimum atomic E-state index is -1.22. The van der Waals surface area contributed by atoms with E-state index in [1.807, 2.05) is 29.2 Å². The van der Waals surface area contributed by atoms with Crippen LogP contribution in [0.15, 0.2) is 65.7 Å². The van der Waals surface area contributed by atoms with E-state index in [0.717, 1.165) is 23.3 Å². The molecule has 3 aromatic carbocycles. The summed E-state index contributed by atoms with van der Waals surface area (Å²) >= 11 is 0. The largest absolute Gasteiger partial charge is 0.508 e. The Bertz CT molecular complexity index is 2080. The highest BCUT2D eigenvalue weighted by atomic mass is 19.1. The fourth-order valence-electron chi connectivity index (χ4n) is 6.51. The first-order valence-electron chi connectivity index (χ1n) is 21.1. The SMILES string of the molecule is CCC(=O)NCCNC(=O)/N=C(/N)NCCC[C@@H](NC(=O)[C@H](c1ccc(OCCCNC(=O)CONC(=O)CCN)cc1)N1Cc2ccccc2C1)C(=O)NCc1c(F)cc(O)cc1F. The lowest BCUT2D eigenvalue weighted by atomic mass is 10.0. The van der Waals surface area contributed by atoms with Gasteiger partial charge in [0.25, 0.3) is 0 Å². The van der Waals surface area contributed by atoms with E-state index in [1.54, 1.807) is 31.2 Å². The summed E-state index contributed by atoms with van der Waals surface area (Å²) in [5.74, 6) is -4.81. The van der Waals surface area contributed by atoms with Crippen molar-refractivity contribution < 1.29 is 52.2 Å². The van der Waals surface area contributed by atoms with Crippen molar-refractivity contribution in [3.8, 4) is 11.5 Å². The van der Waals surface area contributed by atoms with E-state index in [9.17, 15) is 42.7 Å². The molecule has 1 aliphatic heterocycles. The topological polar surface area (TPSA) is 293 Å². The Balaban J connectivity index is 1.42. The molecule has 3 aromatic rings. The average Bonchev–Trinajstić information content (AvgIpc) is 3.70. The number of nitrogens with one attached hydrogen (secondary N) is 7. The zero-order valence-electron chi connectivity index (χ0n) is 36.1. The van der Waals surface area contributed by atoms with Crippen molar-refractivity contribution in [1.82, 2.24) is 42.3 Å². The Hall–Kier alpha value is -6.91. The highest BCUT2D eigenvalue weighted by Crippen LogP contribution is 2.32. The molecule has 0 fully saturated rings. The number of rotatable bonds is 25. The van der Waals surface area contributed by atoms with Gasteiger partial charge in [-0.05, 0) is 48.1 Å². The summed E-state index contributed by atoms with van der Waals surface area (Å²) in [6.07, 6.45) is 1.04. The minimum Gasteiger partial charge on any atom is -0.508 e. The van der Waals surface area contributed by atoms with E-state index in [-0.39, 0.29) is 77.1 Å². The van der Waals surface area contributed by atoms with Crippen molar-refractivity contribution in [3.63, 3.8) is 0 Å². The third-order valence-electron chi connectivity index (χ3n) is 9.79. The second-order valence-electron chi connectivity index (χ2n) is 14.7. The monoisotopic (exact) mass is 909 g/mol. The molecule has 20 nitrogen and oxygen atoms in total. The van der Waals surface area contributed by atoms with Crippen molar-refractivity contribution >= 4 is 41.5 Å². The van der Waals surface area contributed by atoms with E-state index in [1.165, 1.54) is 0 Å². The average molecular weight is 910 g/mol. The predicted octanol–water partition coefficient (Wildman–Crippen LogP) is 0.731. The van der Waals surface area contributed by atoms with Gasteiger partial charge in [-0.15, -0.1) is 0 Å². The van der Waals surface area contributed by atoms with E-state index in [4.69, 9.17) is 21.0 Å². The van der Waals surface area contributed by atoms with Crippen LogP contribution < -0.4 is 53.6 Å². The molecule has 0 aromatic heterocycles. The number of fused-ring (bicyclic) bond motifs is 1. The van der Waals surface area contributed by atoms with Crippen LogP contribution >= 0.6 is 0 Å². The first-order valence-corrected chi connectivity index (χ1v) is 21.1. The Morgan fingerprint density at radius 3 is 2.12 bits per heavy atom. The van der Waals surface area contributed by atoms with Crippen LogP contribution in [-0.4, -0.2) is 104 Å². The molecule has 0 spiro atoms. The zero-order chi connectivity index (χ0) is 47.1. The van der Waals surface area contributed by atoms with Crippen LogP contribution in [0.2, 0.25) is 0 Å². The van der Waals surface area contributed by atoms with Gasteiger partial charge in [-0.2, -0.15) is 4.99 Å². The van der Waals surface area contributed by atoms with Crippen molar-refractivity contribution in [2.45, 2.75) is 70.7 Å². The third-order valence-corrected chi connectivity index (χ3v) is 9.79. The number of aliphatic imine (C=N–C) groups is 1. The summed E-state index contributed by atoms with van der Waals surface area (Å²) in [6.45, 7) is 2.70. The number of guanidine groups is 1. The number of urea groups is 1. The van der Waals surface area contributed by atoms with Gasteiger partial charge in [0, 0.05) is 82.9 Å². The van der Waals surface area contributed by atoms with E-state index >= 15 is 0 Å². The van der Waals surface area contributed by atoms with Crippen molar-refractivity contribution in [1.29, 1.82) is 0 Å². The Morgan fingerprint density at radius 2 is 1.46 bits per heavy atom. The number of hydroxylamine groups is 1. The van der Waals surface area contributed by atoms with E-state index in [2.05, 4.69) is 42.4 Å². The first-order chi connectivity index (χ1) is 31.3. The molecule has 12 N–H and O–H groups in total. The quantitative estimate of drug-likeness (QED) is 0.0243. The van der Waals surface area contributed by atoms with Gasteiger partial charge in [-0.25, -0.2) is 19.1 Å². The Labute approximate surface area is 374 Å². The maximum atomic E-state index is 14.6. The van der Waals surface area contributed by atoms with Crippen LogP contribution in [0.1, 0.15) is 67.3 Å². The molecule has 0 aliphatic carbocycles. The van der Waals surface area contributed by atoms with Gasteiger partial charge in [0.1, 0.15) is 35.2 Å². The van der Waals surface area contributed by atoms with Gasteiger partial charge in [-0.1, -0.05) is 43.3 Å². The van der Waals surface area contributed by atoms with Crippen molar-refractivity contribution in [3.05, 3.63) is 94.6 Å². The van der Waals surface area contributed by atoms with Crippen LogP contribution in [0.25, 0.3) is 0 Å². The van der Waals surface area contributed by atoms with Gasteiger partial charge in [-0.3, -0.25) is 33.7 Å². The maximum absolute atomic E-state index is 14.6. The normalized spacial score (nSPS) is 13.1. The second-order valence-corrected chi connectivity index (χ2v) is 14.7. The number of phenols is 1. The minimum absolute atomic E-state index is 0.0142. The number of carbonyl (C=O) groups excluding carboxylic acids is 6. The fraction of sp³-hybridized carbons (Fsp3) is 0.419. The number of nitrogens with zero attached hydrogens (tertiary/aromatic N) is 2. The first kappa shape index (κ1) is 50.7. The lowest BCUT2D eigenvalue weighted by Gasteiger charge is -2.29. The van der Waals surface area contributed by atoms with Crippen molar-refractivity contribution in [2.75, 3.05) is 45.9 Å². The Kier molecular flexibility index (Phi) is 20.8. The number of hydrogen-bond acceptors (Lipinski definition) is 11. The van der Waals surface area contributed by atoms with Crippen LogP contribution in [0.5, 0.6) is 11.5 Å². The molecule has 0 bridgehead atoms. The number of halogens is 2. The molecule has 22 heteroatoms. The highest BCUT2D eigenvalue weighted by molar-refractivity contribution is 5.92. The van der Waals surface area contributed by atoms with Gasteiger partial charge in [0.2, 0.25) is 29.5 Å². The number of aromatic hydroxyl groups is 1. The fourth-order valence-corrected chi connectivity index (χ4v) is 6.51. The molecule has 4 rings (SSSR count). The van der Waals surface area contributed by atoms with Crippen LogP contribution in [0, 0.1) is 11.6 Å². The number of hydrogen-bond donors (Lipinski definition) is 10. The highest BCUT2D eigenvalue weighted by Gasteiger charge is 2.34. The molecule has 0 unspecified atom stereocenters. The molecule has 1 heterocycles. The summed E-state index contributed by atoms with van der Waals surface area (Å²) in [6, 6.07) is 13.2. The van der Waals surface area contributed by atoms with Gasteiger partial charge >= 0.3 is 6.03 Å². The summed E-state index contributed by atoms with van der Waals surface area (Å²) in [5.41, 5.74) is 15.4. The van der Waals surface area contributed by atoms with Gasteiger partial charge < -0.3 is 53.2 Å². The standard InChI is InChI=1S/C43H57F2N11O9/c1-2-36(58)49-18-19-51-43(63)54-42(47)50-16-5-9-35(40(61)52-23-32-33(44)21-30(57)22-34(32)45)53-41(62)39(56-24-28-7-3-4-8-29(28)25-56)27-10-12-31(13-11-27)64-20-6-17-48-38(60)26-65-55-37(59)14-15-46/h3-4,7-8,10-13,21-22,35,39,57H,2,5-6,9,14-20,23-26,46H2,1H3,(H,48,60)(H,49,58)(H,52,61)(H,53,62)(H,55,59)(H4,47,50,51,54,63)/t35-,39+/m1/s1. The second kappa shape index (κ2) is 26.7. The molecule has 0 saturated carbocycles. The van der Waals surface area contributed by atoms with Crippen LogP contribution in [0.4, 0.5) is 13.6 Å². The predicted molar refractivity (Wildman–Crippen MR) is 233 cm³/mol. The Morgan fingerprint density at radius 1 is 0.815 bits per heavy atom. The van der Waals surface area contributed by atoms with Gasteiger partial charge in [0.15, 0.2) is 12.6 Å². The van der Waals surface area contributed by atoms with Crippen LogP contribution in [-0.2, 0) is 48.4 Å². The molecule has 7 amide bonds. The number of phenolic OH excluding ortho intramolecular Hbond substituents is 1. The number of nitrogens with two attached hydrogens (primary N) is 2.